The molecule has 0 amide bonds. The first-order valence-electron chi connectivity index (χ1n) is 8.77. The number of nitrogens with zero attached hydrogens (tertiary/aromatic N) is 4. The fourth-order valence-corrected chi connectivity index (χ4v) is 3.77. The number of hydrogen-bond acceptors (Lipinski definition) is 6. The van der Waals surface area contributed by atoms with Crippen molar-refractivity contribution < 1.29 is 9.15 Å². The molecule has 0 radical (unpaired) electrons. The van der Waals surface area contributed by atoms with Gasteiger partial charge in [-0.15, -0.1) is 10.2 Å². The zero-order valence-corrected chi connectivity index (χ0v) is 17.5. The lowest BCUT2D eigenvalue weighted by molar-refractivity contribution is 0.344. The summed E-state index contributed by atoms with van der Waals surface area (Å²) in [5, 5.41) is 10.6. The molecule has 6 nitrogen and oxygen atoms in total. The van der Waals surface area contributed by atoms with Crippen LogP contribution in [0, 0.1) is 0 Å². The lowest BCUT2D eigenvalue weighted by Gasteiger charge is -2.10. The van der Waals surface area contributed by atoms with Crippen LogP contribution in [0.4, 0.5) is 0 Å². The third-order valence-electron chi connectivity index (χ3n) is 4.00. The van der Waals surface area contributed by atoms with Gasteiger partial charge in [-0.1, -0.05) is 35.0 Å². The van der Waals surface area contributed by atoms with E-state index in [4.69, 9.17) is 32.4 Å². The van der Waals surface area contributed by atoms with Crippen molar-refractivity contribution in [2.24, 2.45) is 0 Å². The van der Waals surface area contributed by atoms with E-state index in [2.05, 4.69) is 15.2 Å². The van der Waals surface area contributed by atoms with Crippen LogP contribution in [0.25, 0.3) is 11.4 Å². The number of furan rings is 1. The number of rotatable bonds is 8. The van der Waals surface area contributed by atoms with Crippen molar-refractivity contribution in [2.75, 3.05) is 12.4 Å². The van der Waals surface area contributed by atoms with E-state index >= 15 is 0 Å². The molecule has 9 heteroatoms. The van der Waals surface area contributed by atoms with E-state index in [0.717, 1.165) is 22.3 Å². The minimum atomic E-state index is 0.445. The van der Waals surface area contributed by atoms with E-state index in [1.165, 1.54) is 11.8 Å². The number of hydrogen-bond donors (Lipinski definition) is 0. The quantitative estimate of drug-likeness (QED) is 0.264. The monoisotopic (exact) mass is 446 g/mol. The Morgan fingerprint density at radius 2 is 2.03 bits per heavy atom. The van der Waals surface area contributed by atoms with E-state index in [9.17, 15) is 0 Å². The zero-order valence-electron chi connectivity index (χ0n) is 15.2. The molecular formula is C20H16Cl2N4O2S. The highest BCUT2D eigenvalue weighted by atomic mass is 35.5. The first-order valence-corrected chi connectivity index (χ1v) is 10.5. The fourth-order valence-electron chi connectivity index (χ4n) is 2.68. The van der Waals surface area contributed by atoms with Gasteiger partial charge >= 0.3 is 0 Å². The molecule has 0 spiro atoms. The predicted molar refractivity (Wildman–Crippen MR) is 114 cm³/mol. The molecule has 29 heavy (non-hydrogen) atoms. The molecule has 0 unspecified atom stereocenters. The molecule has 0 N–H and O–H groups in total. The van der Waals surface area contributed by atoms with E-state index in [-0.39, 0.29) is 0 Å². The summed E-state index contributed by atoms with van der Waals surface area (Å²) in [6.45, 7) is 0.966. The molecule has 3 heterocycles. The number of pyridine rings is 1. The Morgan fingerprint density at radius 3 is 2.83 bits per heavy atom. The van der Waals surface area contributed by atoms with Crippen LogP contribution in [0.1, 0.15) is 5.76 Å². The van der Waals surface area contributed by atoms with Gasteiger partial charge in [0.05, 0.1) is 24.4 Å². The summed E-state index contributed by atoms with van der Waals surface area (Å²) in [6, 6.07) is 12.7. The summed E-state index contributed by atoms with van der Waals surface area (Å²) >= 11 is 13.7. The van der Waals surface area contributed by atoms with Gasteiger partial charge < -0.3 is 9.15 Å². The van der Waals surface area contributed by atoms with Gasteiger partial charge in [0, 0.05) is 34.8 Å². The van der Waals surface area contributed by atoms with E-state index in [1.807, 2.05) is 28.8 Å². The molecule has 0 atom stereocenters. The second-order valence-electron chi connectivity index (χ2n) is 5.99. The van der Waals surface area contributed by atoms with Crippen molar-refractivity contribution in [3.05, 3.63) is 76.9 Å². The molecular weight excluding hydrogens is 431 g/mol. The van der Waals surface area contributed by atoms with Crippen molar-refractivity contribution in [2.45, 2.75) is 11.7 Å². The largest absolute Gasteiger partial charge is 0.491 e. The maximum atomic E-state index is 6.13. The summed E-state index contributed by atoms with van der Waals surface area (Å²) in [4.78, 5) is 4.18. The first kappa shape index (κ1) is 19.8. The van der Waals surface area contributed by atoms with Gasteiger partial charge in [0.25, 0.3) is 0 Å². The second kappa shape index (κ2) is 9.35. The van der Waals surface area contributed by atoms with E-state index in [1.54, 1.807) is 36.9 Å². The number of ether oxygens (including phenoxy) is 1. The molecule has 0 saturated carbocycles. The van der Waals surface area contributed by atoms with Crippen LogP contribution in [0.15, 0.2) is 70.7 Å². The van der Waals surface area contributed by atoms with Crippen molar-refractivity contribution >= 4 is 35.0 Å². The lowest BCUT2D eigenvalue weighted by atomic mass is 10.2. The average molecular weight is 447 g/mol. The number of aromatic nitrogens is 4. The Morgan fingerprint density at radius 1 is 1.10 bits per heavy atom. The molecule has 0 aliphatic heterocycles. The van der Waals surface area contributed by atoms with Gasteiger partial charge in [0.1, 0.15) is 11.5 Å². The van der Waals surface area contributed by atoms with E-state index in [0.29, 0.717) is 34.7 Å². The third kappa shape index (κ3) is 4.93. The normalized spacial score (nSPS) is 11.0. The number of thioether (sulfide) groups is 1. The van der Waals surface area contributed by atoms with Crippen LogP contribution in [-0.4, -0.2) is 32.1 Å². The molecule has 148 valence electrons. The fraction of sp³-hybridized carbons (Fsp3) is 0.150. The van der Waals surface area contributed by atoms with Crippen LogP contribution < -0.4 is 4.74 Å². The van der Waals surface area contributed by atoms with Crippen molar-refractivity contribution in [3.63, 3.8) is 0 Å². The summed E-state index contributed by atoms with van der Waals surface area (Å²) in [5.74, 6) is 2.77. The Labute approximate surface area is 181 Å². The van der Waals surface area contributed by atoms with Crippen molar-refractivity contribution in [3.8, 4) is 17.1 Å². The SMILES string of the molecule is Clc1ccc(Cl)c(OCCSc2nnc(-c3cccnc3)n2Cc2ccco2)c1. The van der Waals surface area contributed by atoms with Crippen LogP contribution in [0.2, 0.25) is 10.0 Å². The Bertz CT molecular complexity index is 1070. The molecule has 4 rings (SSSR count). The Hall–Kier alpha value is -2.48. The number of halogens is 2. The average Bonchev–Trinajstić information content (AvgIpc) is 3.39. The van der Waals surface area contributed by atoms with E-state index < -0.39 is 0 Å². The predicted octanol–water partition coefficient (Wildman–Crippen LogP) is 5.46. The minimum absolute atomic E-state index is 0.445. The second-order valence-corrected chi connectivity index (χ2v) is 7.89. The van der Waals surface area contributed by atoms with Gasteiger partial charge in [-0.3, -0.25) is 9.55 Å². The van der Waals surface area contributed by atoms with Crippen LogP contribution >= 0.6 is 35.0 Å². The molecule has 0 aliphatic carbocycles. The highest BCUT2D eigenvalue weighted by Crippen LogP contribution is 2.29. The number of benzene rings is 1. The molecule has 1 aromatic carbocycles. The molecule has 0 aliphatic rings. The zero-order chi connectivity index (χ0) is 20.1. The smallest absolute Gasteiger partial charge is 0.192 e. The molecule has 4 aromatic rings. The van der Waals surface area contributed by atoms with Crippen molar-refractivity contribution in [1.82, 2.24) is 19.7 Å². The minimum Gasteiger partial charge on any atom is -0.491 e. The maximum Gasteiger partial charge on any atom is 0.192 e. The highest BCUT2D eigenvalue weighted by molar-refractivity contribution is 7.99. The van der Waals surface area contributed by atoms with Crippen LogP contribution in [0.5, 0.6) is 5.75 Å². The standard InChI is InChI=1S/C20H16Cl2N4O2S/c21-15-5-6-17(22)18(11-15)28-9-10-29-20-25-24-19(14-3-1-7-23-12-14)26(20)13-16-4-2-8-27-16/h1-8,11-12H,9-10,13H2. The molecule has 3 aromatic heterocycles. The van der Waals surface area contributed by atoms with Crippen LogP contribution in [0.3, 0.4) is 0 Å². The molecule has 0 saturated heterocycles. The first-order chi connectivity index (χ1) is 14.2. The summed E-state index contributed by atoms with van der Waals surface area (Å²) in [5.41, 5.74) is 0.889. The summed E-state index contributed by atoms with van der Waals surface area (Å²) in [6.07, 6.45) is 5.14. The van der Waals surface area contributed by atoms with Crippen molar-refractivity contribution in [1.29, 1.82) is 0 Å². The molecule has 0 bridgehead atoms. The van der Waals surface area contributed by atoms with Gasteiger partial charge in [-0.2, -0.15) is 0 Å². The Balaban J connectivity index is 1.48. The Kier molecular flexibility index (Phi) is 6.39. The van der Waals surface area contributed by atoms with Crippen LogP contribution in [-0.2, 0) is 6.54 Å². The lowest BCUT2D eigenvalue weighted by Crippen LogP contribution is -2.06. The maximum absolute atomic E-state index is 6.13. The van der Waals surface area contributed by atoms with Gasteiger partial charge in [0.2, 0.25) is 0 Å². The van der Waals surface area contributed by atoms with Gasteiger partial charge in [-0.05, 0) is 36.4 Å². The van der Waals surface area contributed by atoms with Gasteiger partial charge in [-0.25, -0.2) is 0 Å². The topological polar surface area (TPSA) is 66.0 Å². The summed E-state index contributed by atoms with van der Waals surface area (Å²) in [7, 11) is 0. The summed E-state index contributed by atoms with van der Waals surface area (Å²) < 4.78 is 13.3. The highest BCUT2D eigenvalue weighted by Gasteiger charge is 2.16. The van der Waals surface area contributed by atoms with Gasteiger partial charge in [0.15, 0.2) is 11.0 Å². The third-order valence-corrected chi connectivity index (χ3v) is 5.47. The molecule has 0 fully saturated rings.